The van der Waals surface area contributed by atoms with Crippen molar-refractivity contribution in [1.82, 2.24) is 5.32 Å². The van der Waals surface area contributed by atoms with Crippen molar-refractivity contribution in [3.8, 4) is 0 Å². The van der Waals surface area contributed by atoms with Crippen molar-refractivity contribution >= 4 is 46.4 Å². The summed E-state index contributed by atoms with van der Waals surface area (Å²) in [6.45, 7) is 5.53. The van der Waals surface area contributed by atoms with Gasteiger partial charge in [-0.3, -0.25) is 4.79 Å². The monoisotopic (exact) mass is 438 g/mol. The summed E-state index contributed by atoms with van der Waals surface area (Å²) < 4.78 is 0. The number of amides is 1. The van der Waals surface area contributed by atoms with Crippen LogP contribution < -0.4 is 10.2 Å². The highest BCUT2D eigenvalue weighted by molar-refractivity contribution is 6.35. The van der Waals surface area contributed by atoms with Crippen molar-refractivity contribution in [2.45, 2.75) is 32.7 Å². The van der Waals surface area contributed by atoms with Gasteiger partial charge >= 0.3 is 0 Å². The topological polar surface area (TPSA) is 32.3 Å². The van der Waals surface area contributed by atoms with E-state index in [2.05, 4.69) is 24.1 Å². The highest BCUT2D eigenvalue weighted by atomic mass is 35.5. The van der Waals surface area contributed by atoms with Crippen LogP contribution in [-0.2, 0) is 4.79 Å². The summed E-state index contributed by atoms with van der Waals surface area (Å²) in [7, 11) is 0. The van der Waals surface area contributed by atoms with E-state index >= 15 is 0 Å². The highest BCUT2D eigenvalue weighted by Crippen LogP contribution is 2.40. The summed E-state index contributed by atoms with van der Waals surface area (Å²) in [4.78, 5) is 14.9. The maximum Gasteiger partial charge on any atom is 0.224 e. The maximum atomic E-state index is 12.7. The van der Waals surface area contributed by atoms with Crippen LogP contribution in [0, 0.1) is 11.8 Å². The molecule has 28 heavy (non-hydrogen) atoms. The van der Waals surface area contributed by atoms with Crippen molar-refractivity contribution in [3.63, 3.8) is 0 Å². The number of hydrogen-bond donors (Lipinski definition) is 1. The summed E-state index contributed by atoms with van der Waals surface area (Å²) in [6.07, 6.45) is 1.65. The summed E-state index contributed by atoms with van der Waals surface area (Å²) in [5.74, 6) is 0.491. The molecule has 1 N–H and O–H groups in total. The van der Waals surface area contributed by atoms with Gasteiger partial charge in [0.25, 0.3) is 0 Å². The van der Waals surface area contributed by atoms with Gasteiger partial charge in [0.1, 0.15) is 0 Å². The van der Waals surface area contributed by atoms with Gasteiger partial charge < -0.3 is 10.2 Å². The Hall–Kier alpha value is -1.42. The van der Waals surface area contributed by atoms with Crippen LogP contribution >= 0.6 is 34.8 Å². The quantitative estimate of drug-likeness (QED) is 0.586. The first-order valence-corrected chi connectivity index (χ1v) is 10.7. The average Bonchev–Trinajstić information content (AvgIpc) is 2.66. The van der Waals surface area contributed by atoms with Crippen molar-refractivity contribution < 1.29 is 4.79 Å². The molecule has 0 saturated carbocycles. The molecule has 2 aromatic rings. The lowest BCUT2D eigenvalue weighted by Gasteiger charge is -2.41. The summed E-state index contributed by atoms with van der Waals surface area (Å²) in [5.41, 5.74) is 2.06. The zero-order chi connectivity index (χ0) is 20.3. The Bertz CT molecular complexity index is 823. The van der Waals surface area contributed by atoms with Gasteiger partial charge in [-0.15, -0.1) is 0 Å². The van der Waals surface area contributed by atoms with Gasteiger partial charge in [-0.1, -0.05) is 54.7 Å². The van der Waals surface area contributed by atoms with Crippen LogP contribution in [-0.4, -0.2) is 19.0 Å². The van der Waals surface area contributed by atoms with Crippen molar-refractivity contribution in [1.29, 1.82) is 0 Å². The second-order valence-electron chi connectivity index (χ2n) is 7.72. The molecule has 6 heteroatoms. The summed E-state index contributed by atoms with van der Waals surface area (Å²) >= 11 is 18.7. The number of carbonyl (C=O) groups excluding carboxylic acids is 1. The Morgan fingerprint density at radius 3 is 2.39 bits per heavy atom. The Kier molecular flexibility index (Phi) is 7.14. The smallest absolute Gasteiger partial charge is 0.224 e. The molecule has 1 saturated heterocycles. The second-order valence-corrected chi connectivity index (χ2v) is 9.00. The molecule has 0 bridgehead atoms. The third-order valence-corrected chi connectivity index (χ3v) is 5.93. The van der Waals surface area contributed by atoms with Crippen LogP contribution in [0.25, 0.3) is 0 Å². The highest BCUT2D eigenvalue weighted by Gasteiger charge is 2.34. The molecular formula is C22H25Cl3N2O. The molecule has 0 aromatic heterocycles. The normalized spacial score (nSPS) is 19.7. The molecule has 0 unspecified atom stereocenters. The zero-order valence-corrected chi connectivity index (χ0v) is 18.4. The van der Waals surface area contributed by atoms with Gasteiger partial charge in [0.15, 0.2) is 0 Å². The Morgan fingerprint density at radius 2 is 1.75 bits per heavy atom. The lowest BCUT2D eigenvalue weighted by atomic mass is 9.87. The molecule has 3 rings (SSSR count). The van der Waals surface area contributed by atoms with Gasteiger partial charge in [-0.2, -0.15) is 0 Å². The van der Waals surface area contributed by atoms with E-state index in [9.17, 15) is 4.79 Å². The minimum absolute atomic E-state index is 0.0586. The first-order valence-electron chi connectivity index (χ1n) is 9.60. The SMILES string of the molecule is CC(C)CNC(=O)[C@@H]1CC[C@@H](c2ccc(Cl)cc2Cl)N(c2ccc(Cl)cc2)C1. The van der Waals surface area contributed by atoms with E-state index in [0.29, 0.717) is 34.1 Å². The molecule has 150 valence electrons. The lowest BCUT2D eigenvalue weighted by molar-refractivity contribution is -0.125. The molecule has 1 aliphatic rings. The number of nitrogens with one attached hydrogen (secondary N) is 1. The van der Waals surface area contributed by atoms with Gasteiger partial charge in [0, 0.05) is 33.8 Å². The van der Waals surface area contributed by atoms with Gasteiger partial charge in [0.05, 0.1) is 12.0 Å². The minimum Gasteiger partial charge on any atom is -0.364 e. The molecule has 1 fully saturated rings. The first kappa shape index (κ1) is 21.3. The molecule has 1 amide bonds. The lowest BCUT2D eigenvalue weighted by Crippen LogP contribution is -2.45. The fourth-order valence-corrected chi connectivity index (χ4v) is 4.31. The van der Waals surface area contributed by atoms with Crippen LogP contribution in [0.2, 0.25) is 15.1 Å². The van der Waals surface area contributed by atoms with Crippen LogP contribution in [0.4, 0.5) is 5.69 Å². The van der Waals surface area contributed by atoms with E-state index < -0.39 is 0 Å². The third-order valence-electron chi connectivity index (χ3n) is 5.12. The number of halogens is 3. The number of carbonyl (C=O) groups is 1. The summed E-state index contributed by atoms with van der Waals surface area (Å²) in [5, 5.41) is 5.04. The van der Waals surface area contributed by atoms with Crippen LogP contribution in [0.15, 0.2) is 42.5 Å². The molecular weight excluding hydrogens is 415 g/mol. The fourth-order valence-electron chi connectivity index (χ4n) is 3.65. The zero-order valence-electron chi connectivity index (χ0n) is 16.1. The van der Waals surface area contributed by atoms with Crippen LogP contribution in [0.3, 0.4) is 0 Å². The average molecular weight is 440 g/mol. The Labute approximate surface area is 182 Å². The second kappa shape index (κ2) is 9.39. The van der Waals surface area contributed by atoms with E-state index in [0.717, 1.165) is 24.1 Å². The number of anilines is 1. The predicted octanol–water partition coefficient (Wildman–Crippen LogP) is 6.38. The number of nitrogens with zero attached hydrogens (tertiary/aromatic N) is 1. The molecule has 3 nitrogen and oxygen atoms in total. The maximum absolute atomic E-state index is 12.7. The minimum atomic E-state index is -0.0586. The third kappa shape index (κ3) is 5.14. The van der Waals surface area contributed by atoms with Crippen molar-refractivity contribution in [2.24, 2.45) is 11.8 Å². The predicted molar refractivity (Wildman–Crippen MR) is 119 cm³/mol. The van der Waals surface area contributed by atoms with E-state index in [-0.39, 0.29) is 17.9 Å². The van der Waals surface area contributed by atoms with E-state index in [1.54, 1.807) is 6.07 Å². The molecule has 0 aliphatic carbocycles. The van der Waals surface area contributed by atoms with Crippen molar-refractivity contribution in [3.05, 3.63) is 63.1 Å². The van der Waals surface area contributed by atoms with Crippen molar-refractivity contribution in [2.75, 3.05) is 18.0 Å². The van der Waals surface area contributed by atoms with Crippen LogP contribution in [0.5, 0.6) is 0 Å². The fraction of sp³-hybridized carbons (Fsp3) is 0.409. The molecule has 1 aliphatic heterocycles. The summed E-state index contributed by atoms with van der Waals surface area (Å²) in [6, 6.07) is 13.4. The Morgan fingerprint density at radius 1 is 1.07 bits per heavy atom. The molecule has 0 spiro atoms. The number of piperidine rings is 1. The van der Waals surface area contributed by atoms with Crippen LogP contribution in [0.1, 0.15) is 38.3 Å². The number of hydrogen-bond acceptors (Lipinski definition) is 2. The van der Waals surface area contributed by atoms with Gasteiger partial charge in [0.2, 0.25) is 5.91 Å². The first-order chi connectivity index (χ1) is 13.3. The van der Waals surface area contributed by atoms with Gasteiger partial charge in [-0.25, -0.2) is 0 Å². The number of benzene rings is 2. The number of rotatable bonds is 5. The van der Waals surface area contributed by atoms with E-state index in [1.807, 2.05) is 36.4 Å². The Balaban J connectivity index is 1.88. The molecule has 2 aromatic carbocycles. The van der Waals surface area contributed by atoms with E-state index in [1.165, 1.54) is 0 Å². The van der Waals surface area contributed by atoms with E-state index in [4.69, 9.17) is 34.8 Å². The standard InChI is InChI=1S/C22H25Cl3N2O/c1-14(2)12-26-22(28)15-3-10-21(19-9-6-17(24)11-20(19)25)27(13-15)18-7-4-16(23)5-8-18/h4-9,11,14-15,21H,3,10,12-13H2,1-2H3,(H,26,28)/t15-,21+/m1/s1. The molecule has 0 radical (unpaired) electrons. The largest absolute Gasteiger partial charge is 0.364 e. The molecule has 1 heterocycles. The molecule has 2 atom stereocenters. The van der Waals surface area contributed by atoms with Gasteiger partial charge in [-0.05, 0) is 60.7 Å².